The van der Waals surface area contributed by atoms with Crippen molar-refractivity contribution < 1.29 is 22.4 Å². The van der Waals surface area contributed by atoms with Crippen LogP contribution in [0.5, 0.6) is 0 Å². The number of hydrogen-bond donors (Lipinski definition) is 1. The maximum atomic E-state index is 13.8. The van der Waals surface area contributed by atoms with Crippen LogP contribution < -0.4 is 5.69 Å². The average molecular weight is 481 g/mol. The number of rotatable bonds is 3. The van der Waals surface area contributed by atoms with Crippen molar-refractivity contribution >= 4 is 23.2 Å². The van der Waals surface area contributed by atoms with Crippen LogP contribution in [0.4, 0.5) is 13.2 Å². The van der Waals surface area contributed by atoms with E-state index in [0.717, 1.165) is 10.5 Å². The standard InChI is InChI=1S/C20H16ClF3N6O3/c21-16-15(18(31)28-4-1-13(2-5-28)30-10-25-27-19(30)32)26-17-14(20(22,23)24)7-12(8-29(16)17)11-3-6-33-9-11/h3,6-10,13H,1-2,4-5H2,(H,27,32). The molecule has 172 valence electrons. The molecule has 9 nitrogen and oxygen atoms in total. The summed E-state index contributed by atoms with van der Waals surface area (Å²) in [6, 6.07) is 2.34. The number of carbonyl (C=O) groups excluding carboxylic acids is 1. The second kappa shape index (κ2) is 7.80. The molecule has 4 aromatic heterocycles. The van der Waals surface area contributed by atoms with Crippen molar-refractivity contribution in [2.45, 2.75) is 25.1 Å². The molecule has 1 saturated heterocycles. The lowest BCUT2D eigenvalue weighted by molar-refractivity contribution is -0.136. The van der Waals surface area contributed by atoms with Gasteiger partial charge >= 0.3 is 11.9 Å². The molecule has 0 spiro atoms. The summed E-state index contributed by atoms with van der Waals surface area (Å²) in [6.45, 7) is 0.579. The predicted molar refractivity (Wildman–Crippen MR) is 110 cm³/mol. The first-order valence-electron chi connectivity index (χ1n) is 9.96. The molecule has 0 atom stereocenters. The molecule has 33 heavy (non-hydrogen) atoms. The van der Waals surface area contributed by atoms with Gasteiger partial charge in [-0.25, -0.2) is 14.9 Å². The van der Waals surface area contributed by atoms with Crippen molar-refractivity contribution in [3.8, 4) is 11.1 Å². The van der Waals surface area contributed by atoms with Gasteiger partial charge in [0.15, 0.2) is 11.3 Å². The molecule has 0 aromatic carbocycles. The van der Waals surface area contributed by atoms with Crippen LogP contribution in [0.15, 0.2) is 46.4 Å². The van der Waals surface area contributed by atoms with Crippen molar-refractivity contribution in [3.63, 3.8) is 0 Å². The minimum absolute atomic E-state index is 0.133. The normalized spacial score (nSPS) is 15.5. The van der Waals surface area contributed by atoms with E-state index in [1.54, 1.807) is 0 Å². The number of likely N-dealkylation sites (tertiary alicyclic amines) is 1. The number of amides is 1. The van der Waals surface area contributed by atoms with Gasteiger partial charge in [0, 0.05) is 36.5 Å². The Balaban J connectivity index is 1.49. The molecular weight excluding hydrogens is 465 g/mol. The number of hydrogen-bond acceptors (Lipinski definition) is 5. The Labute approximate surface area is 188 Å². The third kappa shape index (κ3) is 3.69. The number of alkyl halides is 3. The van der Waals surface area contributed by atoms with Gasteiger partial charge in [-0.3, -0.25) is 13.8 Å². The second-order valence-electron chi connectivity index (χ2n) is 7.69. The fourth-order valence-corrected chi connectivity index (χ4v) is 4.31. The SMILES string of the molecule is O=C(c1nc2c(C(F)(F)F)cc(-c3ccoc3)cn2c1Cl)N1CCC(n2cn[nH]c2=O)CC1. The molecule has 1 amide bonds. The maximum Gasteiger partial charge on any atom is 0.420 e. The lowest BCUT2D eigenvalue weighted by atomic mass is 10.0. The number of pyridine rings is 1. The molecule has 5 heterocycles. The maximum absolute atomic E-state index is 13.8. The smallest absolute Gasteiger partial charge is 0.420 e. The Morgan fingerprint density at radius 1 is 1.24 bits per heavy atom. The number of furan rings is 1. The van der Waals surface area contributed by atoms with E-state index in [-0.39, 0.29) is 41.2 Å². The van der Waals surface area contributed by atoms with E-state index >= 15 is 0 Å². The number of piperidine rings is 1. The number of halogens is 4. The highest BCUT2D eigenvalue weighted by Crippen LogP contribution is 2.37. The van der Waals surface area contributed by atoms with Crippen LogP contribution in [0.25, 0.3) is 16.8 Å². The highest BCUT2D eigenvalue weighted by Gasteiger charge is 2.37. The molecule has 4 aromatic rings. The van der Waals surface area contributed by atoms with Gasteiger partial charge in [-0.1, -0.05) is 11.6 Å². The van der Waals surface area contributed by atoms with Gasteiger partial charge < -0.3 is 9.32 Å². The van der Waals surface area contributed by atoms with Gasteiger partial charge in [0.2, 0.25) is 0 Å². The van der Waals surface area contributed by atoms with Gasteiger partial charge in [-0.15, -0.1) is 0 Å². The van der Waals surface area contributed by atoms with Crippen LogP contribution in [0.3, 0.4) is 0 Å². The largest absolute Gasteiger partial charge is 0.472 e. The number of imidazole rings is 1. The number of carbonyl (C=O) groups is 1. The third-order valence-corrected chi connectivity index (χ3v) is 6.11. The summed E-state index contributed by atoms with van der Waals surface area (Å²) in [5, 5.41) is 5.82. The van der Waals surface area contributed by atoms with E-state index < -0.39 is 23.3 Å². The topological polar surface area (TPSA) is 101 Å². The van der Waals surface area contributed by atoms with Crippen LogP contribution in [0.1, 0.15) is 34.9 Å². The summed E-state index contributed by atoms with van der Waals surface area (Å²) in [7, 11) is 0. The zero-order valence-corrected chi connectivity index (χ0v) is 17.6. The second-order valence-corrected chi connectivity index (χ2v) is 8.05. The Kier molecular flexibility index (Phi) is 5.04. The first-order valence-corrected chi connectivity index (χ1v) is 10.3. The van der Waals surface area contributed by atoms with Gasteiger partial charge in [0.05, 0.1) is 18.1 Å². The van der Waals surface area contributed by atoms with Crippen LogP contribution in [0, 0.1) is 0 Å². The summed E-state index contributed by atoms with van der Waals surface area (Å²) in [4.78, 5) is 30.3. The fourth-order valence-electron chi connectivity index (χ4n) is 4.06. The molecule has 13 heteroatoms. The molecule has 0 bridgehead atoms. The summed E-state index contributed by atoms with van der Waals surface area (Å²) < 4.78 is 48.9. The molecule has 1 fully saturated rings. The van der Waals surface area contributed by atoms with Crippen LogP contribution in [0.2, 0.25) is 5.15 Å². The first kappa shape index (κ1) is 21.3. The number of aromatic amines is 1. The van der Waals surface area contributed by atoms with E-state index in [4.69, 9.17) is 16.0 Å². The molecule has 1 aliphatic rings. The molecule has 1 aliphatic heterocycles. The summed E-state index contributed by atoms with van der Waals surface area (Å²) in [5.74, 6) is -0.570. The van der Waals surface area contributed by atoms with Crippen molar-refractivity contribution in [2.75, 3.05) is 13.1 Å². The molecule has 0 aliphatic carbocycles. The monoisotopic (exact) mass is 480 g/mol. The quantitative estimate of drug-likeness (QED) is 0.482. The number of H-pyrrole nitrogens is 1. The number of fused-ring (bicyclic) bond motifs is 1. The minimum atomic E-state index is -4.72. The zero-order chi connectivity index (χ0) is 23.3. The highest BCUT2D eigenvalue weighted by atomic mass is 35.5. The highest BCUT2D eigenvalue weighted by molar-refractivity contribution is 6.33. The Bertz CT molecular complexity index is 1380. The van der Waals surface area contributed by atoms with Gasteiger partial charge in [-0.2, -0.15) is 18.3 Å². The lowest BCUT2D eigenvalue weighted by Gasteiger charge is -2.31. The van der Waals surface area contributed by atoms with E-state index in [1.807, 2.05) is 0 Å². The van der Waals surface area contributed by atoms with Gasteiger partial charge in [0.25, 0.3) is 5.91 Å². The number of aromatic nitrogens is 5. The minimum Gasteiger partial charge on any atom is -0.472 e. The average Bonchev–Trinajstić information content (AvgIpc) is 3.53. The van der Waals surface area contributed by atoms with Crippen LogP contribution in [-0.4, -0.2) is 48.0 Å². The van der Waals surface area contributed by atoms with Crippen molar-refractivity contribution in [1.29, 1.82) is 0 Å². The van der Waals surface area contributed by atoms with Crippen molar-refractivity contribution in [2.24, 2.45) is 0 Å². The Morgan fingerprint density at radius 2 is 2.00 bits per heavy atom. The summed E-state index contributed by atoms with van der Waals surface area (Å²) in [5.41, 5.74) is -1.42. The Hall–Kier alpha value is -3.54. The number of nitrogens with zero attached hydrogens (tertiary/aromatic N) is 5. The Morgan fingerprint density at radius 3 is 2.61 bits per heavy atom. The zero-order valence-electron chi connectivity index (χ0n) is 16.8. The van der Waals surface area contributed by atoms with Crippen molar-refractivity contribution in [3.05, 3.63) is 64.1 Å². The molecule has 0 saturated carbocycles. The lowest BCUT2D eigenvalue weighted by Crippen LogP contribution is -2.40. The fraction of sp³-hybridized carbons (Fsp3) is 0.300. The van der Waals surface area contributed by atoms with Gasteiger partial charge in [0.1, 0.15) is 11.5 Å². The summed E-state index contributed by atoms with van der Waals surface area (Å²) >= 11 is 6.36. The first-order chi connectivity index (χ1) is 15.7. The molecule has 1 N–H and O–H groups in total. The molecule has 0 radical (unpaired) electrons. The van der Waals surface area contributed by atoms with E-state index in [0.29, 0.717) is 18.4 Å². The van der Waals surface area contributed by atoms with E-state index in [1.165, 1.54) is 40.6 Å². The summed E-state index contributed by atoms with van der Waals surface area (Å²) in [6.07, 6.45) is 1.69. The predicted octanol–water partition coefficient (Wildman–Crippen LogP) is 3.63. The molecule has 5 rings (SSSR count). The van der Waals surface area contributed by atoms with E-state index in [2.05, 4.69) is 15.2 Å². The van der Waals surface area contributed by atoms with Crippen LogP contribution >= 0.6 is 11.6 Å². The third-order valence-electron chi connectivity index (χ3n) is 5.75. The molecular formula is C20H16ClF3N6O3. The molecule has 0 unspecified atom stereocenters. The van der Waals surface area contributed by atoms with E-state index in [9.17, 15) is 22.8 Å². The van der Waals surface area contributed by atoms with Crippen LogP contribution in [-0.2, 0) is 6.18 Å². The van der Waals surface area contributed by atoms with Crippen molar-refractivity contribution in [1.82, 2.24) is 29.0 Å². The number of nitrogens with one attached hydrogen (secondary N) is 1. The van der Waals surface area contributed by atoms with Gasteiger partial charge in [-0.05, 0) is 25.0 Å².